The third-order valence-corrected chi connectivity index (χ3v) is 4.88. The molecular formula is C18H24FN3O2. The SMILES string of the molecule is CC(C)N1C(=O)CC[C@@H]1C(=O)N1CCN(c2ccc(F)cc2)CC1. The Kier molecular flexibility index (Phi) is 4.73. The Morgan fingerprint density at radius 2 is 1.75 bits per heavy atom. The summed E-state index contributed by atoms with van der Waals surface area (Å²) in [5.74, 6) is -0.103. The molecular weight excluding hydrogens is 309 g/mol. The predicted octanol–water partition coefficient (Wildman–Crippen LogP) is 1.87. The van der Waals surface area contributed by atoms with Crippen molar-refractivity contribution in [2.75, 3.05) is 31.1 Å². The van der Waals surface area contributed by atoms with Gasteiger partial charge in [0.2, 0.25) is 11.8 Å². The Hall–Kier alpha value is -2.11. The van der Waals surface area contributed by atoms with E-state index in [4.69, 9.17) is 0 Å². The second kappa shape index (κ2) is 6.79. The monoisotopic (exact) mass is 333 g/mol. The number of hydrogen-bond acceptors (Lipinski definition) is 3. The van der Waals surface area contributed by atoms with Crippen LogP contribution in [-0.4, -0.2) is 59.9 Å². The molecule has 0 aromatic heterocycles. The van der Waals surface area contributed by atoms with Gasteiger partial charge in [-0.3, -0.25) is 9.59 Å². The number of likely N-dealkylation sites (tertiary alicyclic amines) is 1. The number of benzene rings is 1. The van der Waals surface area contributed by atoms with Gasteiger partial charge in [0.05, 0.1) is 0 Å². The summed E-state index contributed by atoms with van der Waals surface area (Å²) < 4.78 is 13.0. The Morgan fingerprint density at radius 3 is 2.33 bits per heavy atom. The van der Waals surface area contributed by atoms with Crippen molar-refractivity contribution in [2.45, 2.75) is 38.8 Å². The fourth-order valence-electron chi connectivity index (χ4n) is 3.64. The molecule has 2 aliphatic rings. The Labute approximate surface area is 142 Å². The first-order valence-corrected chi connectivity index (χ1v) is 8.58. The van der Waals surface area contributed by atoms with Gasteiger partial charge in [-0.05, 0) is 44.5 Å². The summed E-state index contributed by atoms with van der Waals surface area (Å²) >= 11 is 0. The van der Waals surface area contributed by atoms with Crippen molar-refractivity contribution < 1.29 is 14.0 Å². The van der Waals surface area contributed by atoms with E-state index in [2.05, 4.69) is 4.90 Å². The zero-order chi connectivity index (χ0) is 17.3. The number of rotatable bonds is 3. The highest BCUT2D eigenvalue weighted by molar-refractivity contribution is 5.91. The molecule has 1 aromatic carbocycles. The molecule has 0 aliphatic carbocycles. The van der Waals surface area contributed by atoms with Crippen LogP contribution in [0.4, 0.5) is 10.1 Å². The Bertz CT molecular complexity index is 609. The van der Waals surface area contributed by atoms with Crippen molar-refractivity contribution in [1.82, 2.24) is 9.80 Å². The van der Waals surface area contributed by atoms with Crippen LogP contribution in [0.1, 0.15) is 26.7 Å². The molecule has 130 valence electrons. The van der Waals surface area contributed by atoms with Gasteiger partial charge in [-0.15, -0.1) is 0 Å². The average molecular weight is 333 g/mol. The molecule has 0 bridgehead atoms. The molecule has 24 heavy (non-hydrogen) atoms. The summed E-state index contributed by atoms with van der Waals surface area (Å²) in [7, 11) is 0. The lowest BCUT2D eigenvalue weighted by molar-refractivity contribution is -0.143. The van der Waals surface area contributed by atoms with Crippen LogP contribution in [0, 0.1) is 5.82 Å². The quantitative estimate of drug-likeness (QED) is 0.848. The van der Waals surface area contributed by atoms with Gasteiger partial charge >= 0.3 is 0 Å². The second-order valence-electron chi connectivity index (χ2n) is 6.74. The number of piperazine rings is 1. The molecule has 0 radical (unpaired) electrons. The average Bonchev–Trinajstić information content (AvgIpc) is 2.97. The number of anilines is 1. The number of carbonyl (C=O) groups excluding carboxylic acids is 2. The molecule has 2 amide bonds. The smallest absolute Gasteiger partial charge is 0.245 e. The van der Waals surface area contributed by atoms with E-state index in [0.717, 1.165) is 18.8 Å². The highest BCUT2D eigenvalue weighted by Crippen LogP contribution is 2.24. The van der Waals surface area contributed by atoms with Crippen molar-refractivity contribution in [1.29, 1.82) is 0 Å². The first-order valence-electron chi connectivity index (χ1n) is 8.58. The highest BCUT2D eigenvalue weighted by atomic mass is 19.1. The van der Waals surface area contributed by atoms with E-state index >= 15 is 0 Å². The van der Waals surface area contributed by atoms with Crippen molar-refractivity contribution in [2.24, 2.45) is 0 Å². The van der Waals surface area contributed by atoms with Crippen LogP contribution >= 0.6 is 0 Å². The maximum absolute atomic E-state index is 13.0. The van der Waals surface area contributed by atoms with Crippen molar-refractivity contribution in [3.63, 3.8) is 0 Å². The number of carbonyl (C=O) groups is 2. The fraction of sp³-hybridized carbons (Fsp3) is 0.556. The Balaban J connectivity index is 1.61. The Morgan fingerprint density at radius 1 is 1.12 bits per heavy atom. The number of amides is 2. The molecule has 1 aromatic rings. The predicted molar refractivity (Wildman–Crippen MR) is 90.2 cm³/mol. The van der Waals surface area contributed by atoms with E-state index in [9.17, 15) is 14.0 Å². The van der Waals surface area contributed by atoms with Crippen molar-refractivity contribution in [3.8, 4) is 0 Å². The van der Waals surface area contributed by atoms with Gasteiger partial charge < -0.3 is 14.7 Å². The van der Waals surface area contributed by atoms with Gasteiger partial charge in [0.1, 0.15) is 11.9 Å². The van der Waals surface area contributed by atoms with E-state index in [1.807, 2.05) is 18.7 Å². The molecule has 0 unspecified atom stereocenters. The third kappa shape index (κ3) is 3.23. The largest absolute Gasteiger partial charge is 0.368 e. The topological polar surface area (TPSA) is 43.9 Å². The maximum atomic E-state index is 13.0. The minimum atomic E-state index is -0.310. The standard InChI is InChI=1S/C18H24FN3O2/c1-13(2)22-16(7-8-17(22)23)18(24)21-11-9-20(10-12-21)15-5-3-14(19)4-6-15/h3-6,13,16H,7-12H2,1-2H3/t16-/m1/s1. The summed E-state index contributed by atoms with van der Waals surface area (Å²) in [6, 6.07) is 6.19. The van der Waals surface area contributed by atoms with Gasteiger partial charge in [0.15, 0.2) is 0 Å². The molecule has 0 spiro atoms. The maximum Gasteiger partial charge on any atom is 0.245 e. The van der Waals surface area contributed by atoms with Crippen LogP contribution in [0.25, 0.3) is 0 Å². The van der Waals surface area contributed by atoms with E-state index in [-0.39, 0.29) is 29.7 Å². The summed E-state index contributed by atoms with van der Waals surface area (Å²) in [5, 5.41) is 0. The lowest BCUT2D eigenvalue weighted by atomic mass is 10.1. The summed E-state index contributed by atoms with van der Waals surface area (Å²) in [4.78, 5) is 30.6. The molecule has 0 saturated carbocycles. The number of nitrogens with zero attached hydrogens (tertiary/aromatic N) is 3. The van der Waals surface area contributed by atoms with Crippen LogP contribution in [0.15, 0.2) is 24.3 Å². The summed E-state index contributed by atoms with van der Waals surface area (Å²) in [5.41, 5.74) is 0.975. The lowest BCUT2D eigenvalue weighted by Gasteiger charge is -2.39. The van der Waals surface area contributed by atoms with Gasteiger partial charge in [-0.25, -0.2) is 4.39 Å². The van der Waals surface area contributed by atoms with Crippen molar-refractivity contribution >= 4 is 17.5 Å². The molecule has 6 heteroatoms. The fourth-order valence-corrected chi connectivity index (χ4v) is 3.64. The van der Waals surface area contributed by atoms with E-state index < -0.39 is 0 Å². The molecule has 2 fully saturated rings. The first-order chi connectivity index (χ1) is 11.5. The molecule has 2 saturated heterocycles. The van der Waals surface area contributed by atoms with Gasteiger partial charge in [0, 0.05) is 44.3 Å². The molecule has 2 heterocycles. The molecule has 5 nitrogen and oxygen atoms in total. The van der Waals surface area contributed by atoms with Gasteiger partial charge in [0.25, 0.3) is 0 Å². The van der Waals surface area contributed by atoms with Crippen LogP contribution in [0.5, 0.6) is 0 Å². The molecule has 1 atom stereocenters. The molecule has 3 rings (SSSR count). The summed E-state index contributed by atoms with van der Waals surface area (Å²) in [6.07, 6.45) is 1.08. The summed E-state index contributed by atoms with van der Waals surface area (Å²) in [6.45, 7) is 6.62. The highest BCUT2D eigenvalue weighted by Gasteiger charge is 2.40. The lowest BCUT2D eigenvalue weighted by Crippen LogP contribution is -2.55. The minimum Gasteiger partial charge on any atom is -0.368 e. The van der Waals surface area contributed by atoms with Crippen LogP contribution in [-0.2, 0) is 9.59 Å². The third-order valence-electron chi connectivity index (χ3n) is 4.88. The van der Waals surface area contributed by atoms with Gasteiger partial charge in [-0.1, -0.05) is 0 Å². The number of halogens is 1. The second-order valence-corrected chi connectivity index (χ2v) is 6.74. The van der Waals surface area contributed by atoms with Crippen LogP contribution in [0.3, 0.4) is 0 Å². The number of hydrogen-bond donors (Lipinski definition) is 0. The molecule has 2 aliphatic heterocycles. The van der Waals surface area contributed by atoms with E-state index in [1.165, 1.54) is 12.1 Å². The minimum absolute atomic E-state index is 0.0504. The zero-order valence-corrected chi connectivity index (χ0v) is 14.2. The molecule has 0 N–H and O–H groups in total. The first kappa shape index (κ1) is 16.7. The van der Waals surface area contributed by atoms with Crippen LogP contribution in [0.2, 0.25) is 0 Å². The van der Waals surface area contributed by atoms with Gasteiger partial charge in [-0.2, -0.15) is 0 Å². The van der Waals surface area contributed by atoms with E-state index in [1.54, 1.807) is 17.0 Å². The zero-order valence-electron chi connectivity index (χ0n) is 14.2. The van der Waals surface area contributed by atoms with Crippen molar-refractivity contribution in [3.05, 3.63) is 30.1 Å². The van der Waals surface area contributed by atoms with Crippen LogP contribution < -0.4 is 4.90 Å². The normalized spacial score (nSPS) is 21.8. The van der Waals surface area contributed by atoms with E-state index in [0.29, 0.717) is 25.9 Å².